The zero-order valence-corrected chi connectivity index (χ0v) is 8.57. The molecule has 5 nitrogen and oxygen atoms in total. The van der Waals surface area contributed by atoms with Crippen molar-refractivity contribution in [3.05, 3.63) is 11.4 Å². The van der Waals surface area contributed by atoms with E-state index in [1.165, 1.54) is 0 Å². The van der Waals surface area contributed by atoms with E-state index >= 15 is 0 Å². The average molecular weight is 230 g/mol. The summed E-state index contributed by atoms with van der Waals surface area (Å²) < 4.78 is 26.5. The molecule has 1 aromatic rings. The van der Waals surface area contributed by atoms with Gasteiger partial charge in [0.1, 0.15) is 5.69 Å². The molecule has 0 aromatic carbocycles. The average Bonchev–Trinajstić information content (AvgIpc) is 2.92. The van der Waals surface area contributed by atoms with Gasteiger partial charge in [-0.2, -0.15) is 0 Å². The minimum absolute atomic E-state index is 0.366. The van der Waals surface area contributed by atoms with Crippen LogP contribution in [0.15, 0.2) is 0 Å². The van der Waals surface area contributed by atoms with Crippen LogP contribution in [0.3, 0.4) is 0 Å². The number of hydrogen-bond acceptors (Lipinski definition) is 3. The molecule has 1 amide bonds. The van der Waals surface area contributed by atoms with Gasteiger partial charge >= 0.3 is 0 Å². The number of hydrogen-bond donors (Lipinski definition) is 1. The number of primary amides is 1. The smallest absolute Gasteiger partial charge is 0.282 e. The fourth-order valence-electron chi connectivity index (χ4n) is 1.59. The zero-order chi connectivity index (χ0) is 11.7. The summed E-state index contributed by atoms with van der Waals surface area (Å²) >= 11 is 0. The molecule has 0 bridgehead atoms. The molecular formula is C9H12F2N4O. The lowest BCUT2D eigenvalue weighted by Gasteiger charge is -2.05. The minimum atomic E-state index is -2.78. The summed E-state index contributed by atoms with van der Waals surface area (Å²) in [4.78, 5) is 10.9. The lowest BCUT2D eigenvalue weighted by atomic mass is 10.2. The molecule has 0 radical (unpaired) electrons. The summed E-state index contributed by atoms with van der Waals surface area (Å²) in [6.07, 6.45) is 0.293. The Morgan fingerprint density at radius 3 is 2.75 bits per heavy atom. The van der Waals surface area contributed by atoms with Gasteiger partial charge in [-0.05, 0) is 12.3 Å². The van der Waals surface area contributed by atoms with Crippen molar-refractivity contribution in [1.29, 1.82) is 0 Å². The van der Waals surface area contributed by atoms with Crippen LogP contribution in [0.4, 0.5) is 8.78 Å². The van der Waals surface area contributed by atoms with Gasteiger partial charge in [-0.3, -0.25) is 4.79 Å². The van der Waals surface area contributed by atoms with E-state index in [9.17, 15) is 13.6 Å². The Kier molecular flexibility index (Phi) is 2.84. The molecule has 0 aliphatic heterocycles. The highest BCUT2D eigenvalue weighted by molar-refractivity contribution is 5.91. The van der Waals surface area contributed by atoms with E-state index in [1.54, 1.807) is 0 Å². The Balaban J connectivity index is 2.18. The van der Waals surface area contributed by atoms with Gasteiger partial charge in [0.15, 0.2) is 5.69 Å². The van der Waals surface area contributed by atoms with Gasteiger partial charge in [-0.15, -0.1) is 5.10 Å². The molecule has 1 aliphatic rings. The number of amides is 1. The Morgan fingerprint density at radius 2 is 2.25 bits per heavy atom. The molecule has 2 N–H and O–H groups in total. The Bertz CT molecular complexity index is 400. The zero-order valence-electron chi connectivity index (χ0n) is 8.57. The third-order valence-electron chi connectivity index (χ3n) is 2.66. The van der Waals surface area contributed by atoms with Crippen LogP contribution >= 0.6 is 0 Å². The van der Waals surface area contributed by atoms with Crippen LogP contribution in [0.1, 0.15) is 41.9 Å². The summed E-state index contributed by atoms with van der Waals surface area (Å²) in [5.74, 6) is -0.361. The van der Waals surface area contributed by atoms with E-state index in [-0.39, 0.29) is 0 Å². The molecule has 1 aliphatic carbocycles. The molecule has 0 unspecified atom stereocenters. The van der Waals surface area contributed by atoms with Crippen LogP contribution in [-0.4, -0.2) is 20.9 Å². The number of aryl methyl sites for hydroxylation is 1. The molecule has 88 valence electrons. The molecule has 2 rings (SSSR count). The van der Waals surface area contributed by atoms with Crippen LogP contribution in [0, 0.1) is 5.92 Å². The highest BCUT2D eigenvalue weighted by atomic mass is 19.3. The quantitative estimate of drug-likeness (QED) is 0.823. The molecular weight excluding hydrogens is 218 g/mol. The largest absolute Gasteiger partial charge is 0.364 e. The molecule has 0 atom stereocenters. The maximum absolute atomic E-state index is 12.7. The minimum Gasteiger partial charge on any atom is -0.364 e. The van der Waals surface area contributed by atoms with E-state index in [4.69, 9.17) is 5.73 Å². The Hall–Kier alpha value is -1.53. The number of carbonyl (C=O) groups excluding carboxylic acids is 1. The molecule has 1 heterocycles. The highest BCUT2D eigenvalue weighted by Gasteiger charge is 2.27. The van der Waals surface area contributed by atoms with Crippen molar-refractivity contribution in [2.45, 2.75) is 32.2 Å². The van der Waals surface area contributed by atoms with Crippen LogP contribution in [0.2, 0.25) is 0 Å². The Morgan fingerprint density at radius 1 is 1.56 bits per heavy atom. The van der Waals surface area contributed by atoms with Crippen molar-refractivity contribution >= 4 is 5.91 Å². The second kappa shape index (κ2) is 4.15. The monoisotopic (exact) mass is 230 g/mol. The number of aromatic nitrogens is 3. The third-order valence-corrected chi connectivity index (χ3v) is 2.66. The van der Waals surface area contributed by atoms with E-state index in [0.29, 0.717) is 12.5 Å². The van der Waals surface area contributed by atoms with Gasteiger partial charge in [0.25, 0.3) is 12.3 Å². The lowest BCUT2D eigenvalue weighted by molar-refractivity contribution is 0.0976. The van der Waals surface area contributed by atoms with Gasteiger partial charge in [-0.25, -0.2) is 13.5 Å². The number of nitrogens with two attached hydrogens (primary N) is 1. The van der Waals surface area contributed by atoms with Crippen molar-refractivity contribution < 1.29 is 13.6 Å². The maximum Gasteiger partial charge on any atom is 0.282 e. The van der Waals surface area contributed by atoms with Crippen molar-refractivity contribution in [3.63, 3.8) is 0 Å². The lowest BCUT2D eigenvalue weighted by Crippen LogP contribution is -2.16. The van der Waals surface area contributed by atoms with E-state index in [0.717, 1.165) is 23.9 Å². The van der Waals surface area contributed by atoms with Crippen molar-refractivity contribution in [3.8, 4) is 0 Å². The summed E-state index contributed by atoms with van der Waals surface area (Å²) in [6, 6.07) is 0. The van der Waals surface area contributed by atoms with Crippen LogP contribution < -0.4 is 5.73 Å². The van der Waals surface area contributed by atoms with Crippen LogP contribution in [0.25, 0.3) is 0 Å². The fourth-order valence-corrected chi connectivity index (χ4v) is 1.59. The van der Waals surface area contributed by atoms with Gasteiger partial charge in [0.05, 0.1) is 0 Å². The first kappa shape index (κ1) is 11.0. The normalized spacial score (nSPS) is 15.7. The number of nitrogens with zero attached hydrogens (tertiary/aromatic N) is 3. The van der Waals surface area contributed by atoms with E-state index in [2.05, 4.69) is 10.3 Å². The Labute approximate surface area is 90.6 Å². The number of halogens is 2. The second-order valence-electron chi connectivity index (χ2n) is 3.94. The van der Waals surface area contributed by atoms with Crippen molar-refractivity contribution in [1.82, 2.24) is 15.0 Å². The molecule has 0 spiro atoms. The summed E-state index contributed by atoms with van der Waals surface area (Å²) in [5.41, 5.74) is 4.06. The van der Waals surface area contributed by atoms with Gasteiger partial charge in [0, 0.05) is 6.54 Å². The molecule has 7 heteroatoms. The standard InChI is InChI=1S/C9H12F2N4O/c10-8(11)7-6(9(12)16)13-14-15(7)4-3-5-1-2-5/h5,8H,1-4H2,(H2,12,16). The highest BCUT2D eigenvalue weighted by Crippen LogP contribution is 2.33. The fraction of sp³-hybridized carbons (Fsp3) is 0.667. The first-order chi connectivity index (χ1) is 7.59. The molecule has 16 heavy (non-hydrogen) atoms. The van der Waals surface area contributed by atoms with Crippen molar-refractivity contribution in [2.24, 2.45) is 11.7 Å². The molecule has 1 saturated carbocycles. The van der Waals surface area contributed by atoms with Crippen LogP contribution in [0.5, 0.6) is 0 Å². The van der Waals surface area contributed by atoms with E-state index in [1.807, 2.05) is 0 Å². The predicted octanol–water partition coefficient (Wildman–Crippen LogP) is 1.11. The van der Waals surface area contributed by atoms with E-state index < -0.39 is 23.7 Å². The number of carbonyl (C=O) groups is 1. The summed E-state index contributed by atoms with van der Waals surface area (Å²) in [5, 5.41) is 6.94. The second-order valence-corrected chi connectivity index (χ2v) is 3.94. The number of alkyl halides is 2. The topological polar surface area (TPSA) is 73.8 Å². The van der Waals surface area contributed by atoms with Gasteiger partial charge in [0.2, 0.25) is 0 Å². The maximum atomic E-state index is 12.7. The third kappa shape index (κ3) is 2.17. The van der Waals surface area contributed by atoms with Crippen molar-refractivity contribution in [2.75, 3.05) is 0 Å². The SMILES string of the molecule is NC(=O)c1nnn(CCC2CC2)c1C(F)F. The first-order valence-corrected chi connectivity index (χ1v) is 5.11. The molecule has 1 aromatic heterocycles. The summed E-state index contributed by atoms with van der Waals surface area (Å²) in [6.45, 7) is 0.366. The molecule has 0 saturated heterocycles. The van der Waals surface area contributed by atoms with Crippen LogP contribution in [-0.2, 0) is 6.54 Å². The van der Waals surface area contributed by atoms with Gasteiger partial charge < -0.3 is 5.73 Å². The molecule has 1 fully saturated rings. The first-order valence-electron chi connectivity index (χ1n) is 5.11. The van der Waals surface area contributed by atoms with Gasteiger partial charge in [-0.1, -0.05) is 18.1 Å². The number of rotatable bonds is 5. The summed E-state index contributed by atoms with van der Waals surface area (Å²) in [7, 11) is 0. The predicted molar refractivity (Wildman–Crippen MR) is 50.8 cm³/mol.